The van der Waals surface area contributed by atoms with Gasteiger partial charge in [0.1, 0.15) is 5.56 Å². The van der Waals surface area contributed by atoms with Crippen molar-refractivity contribution in [2.45, 2.75) is 39.2 Å². The third-order valence-electron chi connectivity index (χ3n) is 3.19. The van der Waals surface area contributed by atoms with Crippen molar-refractivity contribution in [3.05, 3.63) is 33.7 Å². The second-order valence-corrected chi connectivity index (χ2v) is 4.50. The molecule has 5 nitrogen and oxygen atoms in total. The summed E-state index contributed by atoms with van der Waals surface area (Å²) in [6.07, 6.45) is 1.10. The van der Waals surface area contributed by atoms with Gasteiger partial charge in [0.2, 0.25) is 0 Å². The molecule has 0 spiro atoms. The van der Waals surface area contributed by atoms with Gasteiger partial charge in [-0.25, -0.2) is 0 Å². The molecule has 0 aromatic carbocycles. The van der Waals surface area contributed by atoms with E-state index in [0.29, 0.717) is 18.5 Å². The fraction of sp³-hybridized carbons (Fsp3) is 0.538. The fourth-order valence-corrected chi connectivity index (χ4v) is 1.59. The summed E-state index contributed by atoms with van der Waals surface area (Å²) in [5, 5.41) is 12.6. The molecule has 1 aromatic rings. The Morgan fingerprint density at radius 2 is 2.00 bits per heavy atom. The normalized spacial score (nSPS) is 11.3. The number of nitrogens with one attached hydrogen (secondary N) is 2. The van der Waals surface area contributed by atoms with Gasteiger partial charge in [-0.15, -0.1) is 0 Å². The highest BCUT2D eigenvalue weighted by Gasteiger charge is 2.23. The predicted octanol–water partition coefficient (Wildman–Crippen LogP) is 0.964. The first kappa shape index (κ1) is 14.4. The summed E-state index contributed by atoms with van der Waals surface area (Å²) in [6.45, 7) is 5.60. The van der Waals surface area contributed by atoms with E-state index in [1.165, 1.54) is 6.07 Å². The molecule has 0 atom stereocenters. The van der Waals surface area contributed by atoms with E-state index in [0.717, 1.165) is 0 Å². The van der Waals surface area contributed by atoms with Crippen LogP contribution in [0.15, 0.2) is 16.9 Å². The van der Waals surface area contributed by atoms with Crippen LogP contribution in [0.25, 0.3) is 0 Å². The summed E-state index contributed by atoms with van der Waals surface area (Å²) in [7, 11) is 0. The number of aliphatic hydroxyl groups is 1. The second kappa shape index (κ2) is 5.82. The molecular formula is C13H20N2O3. The Bertz CT molecular complexity index is 475. The Morgan fingerprint density at radius 1 is 1.39 bits per heavy atom. The third-order valence-corrected chi connectivity index (χ3v) is 3.19. The number of carbonyl (C=O) groups is 1. The number of hydrogen-bond acceptors (Lipinski definition) is 3. The Labute approximate surface area is 106 Å². The molecule has 0 aliphatic rings. The maximum atomic E-state index is 11.8. The van der Waals surface area contributed by atoms with Crippen molar-refractivity contribution < 1.29 is 9.90 Å². The number of pyridine rings is 1. The number of amides is 1. The van der Waals surface area contributed by atoms with Crippen LogP contribution in [0.2, 0.25) is 0 Å². The molecule has 1 rings (SSSR count). The third kappa shape index (κ3) is 3.43. The molecule has 3 N–H and O–H groups in total. The zero-order chi connectivity index (χ0) is 13.8. The summed E-state index contributed by atoms with van der Waals surface area (Å²) in [5.74, 6) is -0.462. The first-order valence-electron chi connectivity index (χ1n) is 6.12. The monoisotopic (exact) mass is 252 g/mol. The molecule has 0 aliphatic heterocycles. The van der Waals surface area contributed by atoms with E-state index >= 15 is 0 Å². The Balaban J connectivity index is 2.75. The molecule has 100 valence electrons. The number of carbonyl (C=O) groups excluding carboxylic acids is 1. The topological polar surface area (TPSA) is 82.2 Å². The second-order valence-electron chi connectivity index (χ2n) is 4.50. The highest BCUT2D eigenvalue weighted by molar-refractivity contribution is 5.93. The predicted molar refractivity (Wildman–Crippen MR) is 69.7 cm³/mol. The molecule has 0 aliphatic carbocycles. The summed E-state index contributed by atoms with van der Waals surface area (Å²) in [6, 6.07) is 3.16. The molecule has 0 saturated heterocycles. The molecule has 0 bridgehead atoms. The average molecular weight is 252 g/mol. The van der Waals surface area contributed by atoms with Crippen LogP contribution in [0.3, 0.4) is 0 Å². The van der Waals surface area contributed by atoms with Crippen molar-refractivity contribution in [3.8, 4) is 0 Å². The Morgan fingerprint density at radius 3 is 2.50 bits per heavy atom. The Hall–Kier alpha value is -1.62. The van der Waals surface area contributed by atoms with Crippen LogP contribution in [0.5, 0.6) is 0 Å². The van der Waals surface area contributed by atoms with Crippen LogP contribution in [-0.4, -0.2) is 28.1 Å². The molecule has 5 heteroatoms. The van der Waals surface area contributed by atoms with Gasteiger partial charge in [-0.1, -0.05) is 13.8 Å². The number of hydrogen-bond donors (Lipinski definition) is 3. The lowest BCUT2D eigenvalue weighted by atomic mass is 9.97. The van der Waals surface area contributed by atoms with Crippen molar-refractivity contribution in [2.75, 3.05) is 6.54 Å². The van der Waals surface area contributed by atoms with Gasteiger partial charge in [-0.3, -0.25) is 9.59 Å². The van der Waals surface area contributed by atoms with Crippen molar-refractivity contribution in [2.24, 2.45) is 0 Å². The van der Waals surface area contributed by atoms with Crippen LogP contribution in [0.1, 0.15) is 42.7 Å². The summed E-state index contributed by atoms with van der Waals surface area (Å²) >= 11 is 0. The zero-order valence-corrected chi connectivity index (χ0v) is 11.0. The van der Waals surface area contributed by atoms with E-state index in [2.05, 4.69) is 10.3 Å². The van der Waals surface area contributed by atoms with Crippen LogP contribution in [-0.2, 0) is 0 Å². The van der Waals surface area contributed by atoms with Gasteiger partial charge in [-0.2, -0.15) is 0 Å². The van der Waals surface area contributed by atoms with E-state index in [1.807, 2.05) is 13.8 Å². The highest BCUT2D eigenvalue weighted by atomic mass is 16.3. The van der Waals surface area contributed by atoms with Crippen molar-refractivity contribution in [1.82, 2.24) is 10.3 Å². The lowest BCUT2D eigenvalue weighted by molar-refractivity contribution is 0.0313. The van der Waals surface area contributed by atoms with Crippen LogP contribution in [0, 0.1) is 6.92 Å². The van der Waals surface area contributed by atoms with E-state index in [-0.39, 0.29) is 12.1 Å². The zero-order valence-electron chi connectivity index (χ0n) is 11.0. The lowest BCUT2D eigenvalue weighted by Gasteiger charge is -2.25. The highest BCUT2D eigenvalue weighted by Crippen LogP contribution is 2.12. The number of aryl methyl sites for hydroxylation is 1. The van der Waals surface area contributed by atoms with Crippen LogP contribution in [0.4, 0.5) is 0 Å². The van der Waals surface area contributed by atoms with Gasteiger partial charge >= 0.3 is 0 Å². The van der Waals surface area contributed by atoms with Crippen molar-refractivity contribution >= 4 is 5.91 Å². The molecule has 0 saturated carbocycles. The lowest BCUT2D eigenvalue weighted by Crippen LogP contribution is -2.43. The maximum Gasteiger partial charge on any atom is 0.260 e. The first-order chi connectivity index (χ1) is 8.41. The van der Waals surface area contributed by atoms with E-state index in [9.17, 15) is 14.7 Å². The van der Waals surface area contributed by atoms with Gasteiger partial charge in [0, 0.05) is 12.2 Å². The minimum Gasteiger partial charge on any atom is -0.388 e. The summed E-state index contributed by atoms with van der Waals surface area (Å²) < 4.78 is 0. The quantitative estimate of drug-likeness (QED) is 0.730. The molecule has 1 amide bonds. The fourth-order valence-electron chi connectivity index (χ4n) is 1.59. The largest absolute Gasteiger partial charge is 0.388 e. The van der Waals surface area contributed by atoms with E-state index < -0.39 is 17.1 Å². The number of rotatable bonds is 5. The standard InChI is InChI=1S/C13H20N2O3/c1-4-13(18,5-2)8-14-11(16)10-7-6-9(3)15-12(10)17/h6-7,18H,4-5,8H2,1-3H3,(H,14,16)(H,15,17). The molecule has 18 heavy (non-hydrogen) atoms. The van der Waals surface area contributed by atoms with E-state index in [1.54, 1.807) is 13.0 Å². The molecule has 1 aromatic heterocycles. The first-order valence-corrected chi connectivity index (χ1v) is 6.12. The molecular weight excluding hydrogens is 232 g/mol. The van der Waals surface area contributed by atoms with Gasteiger partial charge in [0.05, 0.1) is 5.60 Å². The smallest absolute Gasteiger partial charge is 0.260 e. The maximum absolute atomic E-state index is 11.8. The molecule has 0 unspecified atom stereocenters. The van der Waals surface area contributed by atoms with Gasteiger partial charge < -0.3 is 15.4 Å². The van der Waals surface area contributed by atoms with Crippen molar-refractivity contribution in [3.63, 3.8) is 0 Å². The van der Waals surface area contributed by atoms with E-state index in [4.69, 9.17) is 0 Å². The van der Waals surface area contributed by atoms with Crippen LogP contribution >= 0.6 is 0 Å². The van der Waals surface area contributed by atoms with Gasteiger partial charge in [-0.05, 0) is 31.9 Å². The number of aromatic amines is 1. The number of aromatic nitrogens is 1. The SMILES string of the molecule is CCC(O)(CC)CNC(=O)c1ccc(C)[nH]c1=O. The molecule has 0 radical (unpaired) electrons. The number of H-pyrrole nitrogens is 1. The molecule has 1 heterocycles. The minimum absolute atomic E-state index is 0.0650. The average Bonchev–Trinajstić information content (AvgIpc) is 2.35. The summed E-state index contributed by atoms with van der Waals surface area (Å²) in [4.78, 5) is 25.9. The van der Waals surface area contributed by atoms with Gasteiger partial charge in [0.25, 0.3) is 11.5 Å². The summed E-state index contributed by atoms with van der Waals surface area (Å²) in [5.41, 5.74) is -0.554. The van der Waals surface area contributed by atoms with Crippen molar-refractivity contribution in [1.29, 1.82) is 0 Å². The minimum atomic E-state index is -0.910. The molecule has 0 fully saturated rings. The van der Waals surface area contributed by atoms with Gasteiger partial charge in [0.15, 0.2) is 0 Å². The van der Waals surface area contributed by atoms with Crippen LogP contribution < -0.4 is 10.9 Å². The Kier molecular flexibility index (Phi) is 4.67.